The van der Waals surface area contributed by atoms with Crippen LogP contribution in [0.2, 0.25) is 0 Å². The van der Waals surface area contributed by atoms with Gasteiger partial charge in [-0.15, -0.1) is 0 Å². The first-order valence-corrected chi connectivity index (χ1v) is 9.22. The number of hydrogen-bond donors (Lipinski definition) is 1. The minimum atomic E-state index is -0.271. The molecule has 2 aromatic heterocycles. The summed E-state index contributed by atoms with van der Waals surface area (Å²) in [5, 5.41) is 6.93. The average Bonchev–Trinajstić information content (AvgIpc) is 3.16. The second-order valence-corrected chi connectivity index (χ2v) is 6.76. The van der Waals surface area contributed by atoms with Gasteiger partial charge in [0.05, 0.1) is 13.7 Å². The monoisotopic (exact) mass is 396 g/mol. The maximum Gasteiger partial charge on any atom is 0.252 e. The number of nitrogens with one attached hydrogen (secondary N) is 1. The molecule has 2 heterocycles. The van der Waals surface area contributed by atoms with E-state index in [0.29, 0.717) is 23.6 Å². The SMILES string of the molecule is COc1cccc(NC(=O)CN(C)C(=O)CCc2c(C)nc3ncnn3c2C)c1. The van der Waals surface area contributed by atoms with Crippen molar-refractivity contribution in [1.29, 1.82) is 0 Å². The van der Waals surface area contributed by atoms with Gasteiger partial charge in [0.25, 0.3) is 5.78 Å². The van der Waals surface area contributed by atoms with E-state index in [1.165, 1.54) is 11.2 Å². The predicted octanol–water partition coefficient (Wildman–Crippen LogP) is 1.78. The van der Waals surface area contributed by atoms with Crippen LogP contribution in [-0.2, 0) is 16.0 Å². The van der Waals surface area contributed by atoms with Gasteiger partial charge in [0.15, 0.2) is 0 Å². The molecular formula is C20H24N6O3. The number of fused-ring (bicyclic) bond motifs is 1. The third kappa shape index (κ3) is 4.68. The zero-order valence-corrected chi connectivity index (χ0v) is 17.0. The molecule has 0 fully saturated rings. The molecule has 9 heteroatoms. The van der Waals surface area contributed by atoms with Crippen molar-refractivity contribution >= 4 is 23.3 Å². The molecule has 29 heavy (non-hydrogen) atoms. The first-order valence-electron chi connectivity index (χ1n) is 9.22. The third-order valence-electron chi connectivity index (χ3n) is 4.74. The second kappa shape index (κ2) is 8.68. The van der Waals surface area contributed by atoms with Crippen molar-refractivity contribution in [2.24, 2.45) is 0 Å². The number of amides is 2. The fourth-order valence-corrected chi connectivity index (χ4v) is 3.14. The fraction of sp³-hybridized carbons (Fsp3) is 0.350. The van der Waals surface area contributed by atoms with Gasteiger partial charge in [0.1, 0.15) is 12.1 Å². The van der Waals surface area contributed by atoms with E-state index in [9.17, 15) is 9.59 Å². The van der Waals surface area contributed by atoms with Crippen molar-refractivity contribution in [3.63, 3.8) is 0 Å². The molecule has 0 spiro atoms. The van der Waals surface area contributed by atoms with E-state index in [-0.39, 0.29) is 24.8 Å². The summed E-state index contributed by atoms with van der Waals surface area (Å²) in [7, 11) is 3.18. The van der Waals surface area contributed by atoms with Crippen LogP contribution in [-0.4, -0.2) is 57.0 Å². The minimum Gasteiger partial charge on any atom is -0.497 e. The Labute approximate surface area is 168 Å². The number of rotatable bonds is 7. The summed E-state index contributed by atoms with van der Waals surface area (Å²) in [6.45, 7) is 3.79. The van der Waals surface area contributed by atoms with Crippen LogP contribution in [0.1, 0.15) is 23.4 Å². The number of aromatic nitrogens is 4. The first-order chi connectivity index (χ1) is 13.9. The molecule has 1 aromatic carbocycles. The molecule has 0 saturated carbocycles. The Hall–Kier alpha value is -3.49. The quantitative estimate of drug-likeness (QED) is 0.653. The Morgan fingerprint density at radius 1 is 1.28 bits per heavy atom. The van der Waals surface area contributed by atoms with Crippen molar-refractivity contribution in [3.8, 4) is 5.75 Å². The number of carbonyl (C=O) groups is 2. The Bertz CT molecular complexity index is 1050. The van der Waals surface area contributed by atoms with Crippen LogP contribution in [0.4, 0.5) is 5.69 Å². The molecule has 0 saturated heterocycles. The highest BCUT2D eigenvalue weighted by molar-refractivity contribution is 5.94. The summed E-state index contributed by atoms with van der Waals surface area (Å²) in [6, 6.07) is 7.06. The van der Waals surface area contributed by atoms with Crippen LogP contribution in [0.25, 0.3) is 5.78 Å². The summed E-state index contributed by atoms with van der Waals surface area (Å²) < 4.78 is 6.80. The van der Waals surface area contributed by atoms with Gasteiger partial charge in [-0.1, -0.05) is 6.07 Å². The third-order valence-corrected chi connectivity index (χ3v) is 4.74. The van der Waals surface area contributed by atoms with Crippen LogP contribution in [0, 0.1) is 13.8 Å². The number of benzene rings is 1. The number of likely N-dealkylation sites (N-methyl/N-ethyl adjacent to an activating group) is 1. The summed E-state index contributed by atoms with van der Waals surface area (Å²) in [6.07, 6.45) is 2.24. The maximum absolute atomic E-state index is 12.5. The van der Waals surface area contributed by atoms with Gasteiger partial charge in [-0.05, 0) is 38.0 Å². The van der Waals surface area contributed by atoms with Crippen LogP contribution in [0.5, 0.6) is 5.75 Å². The van der Waals surface area contributed by atoms with E-state index in [4.69, 9.17) is 4.74 Å². The number of hydrogen-bond acceptors (Lipinski definition) is 6. The molecule has 3 rings (SSSR count). The molecule has 0 atom stereocenters. The van der Waals surface area contributed by atoms with Crippen LogP contribution in [0.3, 0.4) is 0 Å². The molecule has 0 unspecified atom stereocenters. The molecule has 0 aliphatic heterocycles. The highest BCUT2D eigenvalue weighted by Crippen LogP contribution is 2.17. The lowest BCUT2D eigenvalue weighted by Crippen LogP contribution is -2.35. The number of aryl methyl sites for hydroxylation is 2. The van der Waals surface area contributed by atoms with Gasteiger partial charge < -0.3 is 15.0 Å². The number of anilines is 1. The number of nitrogens with zero attached hydrogens (tertiary/aromatic N) is 5. The van der Waals surface area contributed by atoms with Gasteiger partial charge in [0, 0.05) is 36.6 Å². The topological polar surface area (TPSA) is 102 Å². The van der Waals surface area contributed by atoms with E-state index >= 15 is 0 Å². The molecular weight excluding hydrogens is 372 g/mol. The van der Waals surface area contributed by atoms with E-state index in [2.05, 4.69) is 20.4 Å². The summed E-state index contributed by atoms with van der Waals surface area (Å²) in [4.78, 5) is 34.7. The summed E-state index contributed by atoms with van der Waals surface area (Å²) in [5.74, 6) is 0.799. The number of carbonyl (C=O) groups excluding carboxylic acids is 2. The number of ether oxygens (including phenoxy) is 1. The lowest BCUT2D eigenvalue weighted by atomic mass is 10.1. The largest absolute Gasteiger partial charge is 0.497 e. The summed E-state index contributed by atoms with van der Waals surface area (Å²) in [5.41, 5.74) is 3.32. The van der Waals surface area contributed by atoms with Gasteiger partial charge in [-0.3, -0.25) is 9.59 Å². The molecule has 0 aliphatic rings. The molecule has 0 aliphatic carbocycles. The highest BCUT2D eigenvalue weighted by Gasteiger charge is 2.16. The van der Waals surface area contributed by atoms with E-state index < -0.39 is 0 Å². The molecule has 1 N–H and O–H groups in total. The Balaban J connectivity index is 1.57. The Morgan fingerprint density at radius 3 is 2.83 bits per heavy atom. The smallest absolute Gasteiger partial charge is 0.252 e. The normalized spacial score (nSPS) is 10.8. The number of methoxy groups -OCH3 is 1. The minimum absolute atomic E-state index is 0.0334. The Kier molecular flexibility index (Phi) is 6.06. The van der Waals surface area contributed by atoms with Gasteiger partial charge in [-0.25, -0.2) is 9.50 Å². The molecule has 3 aromatic rings. The van der Waals surface area contributed by atoms with Crippen molar-refractivity contribution in [1.82, 2.24) is 24.5 Å². The van der Waals surface area contributed by atoms with Crippen molar-refractivity contribution in [3.05, 3.63) is 47.5 Å². The molecule has 0 radical (unpaired) electrons. The van der Waals surface area contributed by atoms with Crippen LogP contribution < -0.4 is 10.1 Å². The van der Waals surface area contributed by atoms with Crippen LogP contribution in [0.15, 0.2) is 30.6 Å². The van der Waals surface area contributed by atoms with E-state index in [1.807, 2.05) is 13.8 Å². The van der Waals surface area contributed by atoms with E-state index in [0.717, 1.165) is 17.0 Å². The molecule has 9 nitrogen and oxygen atoms in total. The van der Waals surface area contributed by atoms with Crippen molar-refractivity contribution in [2.75, 3.05) is 26.0 Å². The van der Waals surface area contributed by atoms with E-state index in [1.54, 1.807) is 42.9 Å². The lowest BCUT2D eigenvalue weighted by molar-refractivity contribution is -0.133. The maximum atomic E-state index is 12.5. The molecule has 2 amide bonds. The van der Waals surface area contributed by atoms with Crippen molar-refractivity contribution in [2.45, 2.75) is 26.7 Å². The predicted molar refractivity (Wildman–Crippen MR) is 108 cm³/mol. The van der Waals surface area contributed by atoms with Gasteiger partial charge in [-0.2, -0.15) is 10.1 Å². The zero-order valence-electron chi connectivity index (χ0n) is 17.0. The lowest BCUT2D eigenvalue weighted by Gasteiger charge is -2.18. The zero-order chi connectivity index (χ0) is 21.0. The highest BCUT2D eigenvalue weighted by atomic mass is 16.5. The first kappa shape index (κ1) is 20.2. The standard InChI is InChI=1S/C20H24N6O3/c1-13-17(14(2)26-20(23-13)21-12-22-26)8-9-19(28)25(3)11-18(27)24-15-6-5-7-16(10-15)29-4/h5-7,10,12H,8-9,11H2,1-4H3,(H,24,27). The average molecular weight is 396 g/mol. The Morgan fingerprint density at radius 2 is 2.07 bits per heavy atom. The second-order valence-electron chi connectivity index (χ2n) is 6.76. The van der Waals surface area contributed by atoms with Crippen LogP contribution >= 0.6 is 0 Å². The van der Waals surface area contributed by atoms with Gasteiger partial charge in [0.2, 0.25) is 11.8 Å². The van der Waals surface area contributed by atoms with Crippen molar-refractivity contribution < 1.29 is 14.3 Å². The van der Waals surface area contributed by atoms with Gasteiger partial charge >= 0.3 is 0 Å². The summed E-state index contributed by atoms with van der Waals surface area (Å²) >= 11 is 0. The molecule has 152 valence electrons. The fourth-order valence-electron chi connectivity index (χ4n) is 3.14. The molecule has 0 bridgehead atoms.